The summed E-state index contributed by atoms with van der Waals surface area (Å²) in [5.74, 6) is 0.207. The zero-order valence-corrected chi connectivity index (χ0v) is 17.1. The molecule has 146 valence electrons. The van der Waals surface area contributed by atoms with Crippen molar-refractivity contribution < 1.29 is 9.53 Å². The first-order valence-electron chi connectivity index (χ1n) is 8.55. The number of amides is 1. The van der Waals surface area contributed by atoms with E-state index in [0.29, 0.717) is 38.7 Å². The van der Waals surface area contributed by atoms with Crippen LogP contribution >= 0.6 is 22.9 Å². The molecule has 0 aliphatic heterocycles. The molecule has 1 aromatic carbocycles. The van der Waals surface area contributed by atoms with E-state index in [4.69, 9.17) is 16.3 Å². The van der Waals surface area contributed by atoms with Gasteiger partial charge < -0.3 is 15.0 Å². The van der Waals surface area contributed by atoms with Crippen molar-refractivity contribution in [3.05, 3.63) is 51.4 Å². The van der Waals surface area contributed by atoms with Crippen LogP contribution in [0.4, 0.5) is 0 Å². The summed E-state index contributed by atoms with van der Waals surface area (Å²) < 4.78 is 5.10. The second-order valence-corrected chi connectivity index (χ2v) is 7.76. The predicted molar refractivity (Wildman–Crippen MR) is 110 cm³/mol. The zero-order valence-electron chi connectivity index (χ0n) is 15.6. The maximum Gasteiger partial charge on any atom is 0.273 e. The average molecular weight is 419 g/mol. The van der Waals surface area contributed by atoms with Crippen molar-refractivity contribution in [2.75, 3.05) is 7.11 Å². The van der Waals surface area contributed by atoms with E-state index in [-0.39, 0.29) is 17.4 Å². The number of aromatic amines is 1. The second-order valence-electron chi connectivity index (χ2n) is 6.36. The highest BCUT2D eigenvalue weighted by Gasteiger charge is 2.13. The van der Waals surface area contributed by atoms with Crippen LogP contribution in [-0.2, 0) is 11.3 Å². The average Bonchev–Trinajstić information content (AvgIpc) is 3.15. The summed E-state index contributed by atoms with van der Waals surface area (Å²) in [6.45, 7) is 4.02. The van der Waals surface area contributed by atoms with Gasteiger partial charge in [-0.05, 0) is 17.7 Å². The van der Waals surface area contributed by atoms with Crippen molar-refractivity contribution >= 4 is 28.8 Å². The lowest BCUT2D eigenvalue weighted by Gasteiger charge is -2.10. The Kier molecular flexibility index (Phi) is 6.11. The molecule has 2 N–H and O–H groups in total. The molecule has 9 heteroatoms. The predicted octanol–water partition coefficient (Wildman–Crippen LogP) is 3.49. The Labute approximate surface area is 170 Å². The third kappa shape index (κ3) is 4.58. The first-order chi connectivity index (χ1) is 13.4. The SMILES string of the molecule is COc1ncc(-c2cc(=O)[nH]c(-c3cc(CNC(=O)C(C)C)ccc3Cl)n2)s1. The Morgan fingerprint density at radius 2 is 2.14 bits per heavy atom. The molecule has 0 saturated carbocycles. The van der Waals surface area contributed by atoms with E-state index in [9.17, 15) is 9.59 Å². The first kappa shape index (κ1) is 20.0. The highest BCUT2D eigenvalue weighted by molar-refractivity contribution is 7.16. The highest BCUT2D eigenvalue weighted by Crippen LogP contribution is 2.31. The largest absolute Gasteiger partial charge is 0.473 e. The molecular formula is C19H19ClN4O3S. The Morgan fingerprint density at radius 1 is 1.36 bits per heavy atom. The van der Waals surface area contributed by atoms with Crippen molar-refractivity contribution in [3.8, 4) is 27.2 Å². The minimum Gasteiger partial charge on any atom is -0.473 e. The minimum absolute atomic E-state index is 0.0378. The molecule has 0 fully saturated rings. The molecule has 0 aliphatic rings. The maximum atomic E-state index is 12.2. The summed E-state index contributed by atoms with van der Waals surface area (Å²) in [6, 6.07) is 6.74. The number of carbonyl (C=O) groups is 1. The van der Waals surface area contributed by atoms with Crippen LogP contribution in [0.1, 0.15) is 19.4 Å². The van der Waals surface area contributed by atoms with Crippen molar-refractivity contribution in [2.24, 2.45) is 5.92 Å². The fraction of sp³-hybridized carbons (Fsp3) is 0.263. The summed E-state index contributed by atoms with van der Waals surface area (Å²) in [5.41, 5.74) is 1.60. The van der Waals surface area contributed by atoms with Crippen LogP contribution < -0.4 is 15.6 Å². The van der Waals surface area contributed by atoms with Gasteiger partial charge in [0.05, 0.1) is 28.9 Å². The van der Waals surface area contributed by atoms with Crippen LogP contribution in [0.2, 0.25) is 5.02 Å². The quantitative estimate of drug-likeness (QED) is 0.638. The Hall–Kier alpha value is -2.71. The second kappa shape index (κ2) is 8.53. The van der Waals surface area contributed by atoms with Crippen molar-refractivity contribution in [3.63, 3.8) is 0 Å². The number of methoxy groups -OCH3 is 1. The van der Waals surface area contributed by atoms with E-state index in [1.165, 1.54) is 24.5 Å². The summed E-state index contributed by atoms with van der Waals surface area (Å²) in [4.78, 5) is 36.0. The van der Waals surface area contributed by atoms with Gasteiger partial charge in [0.25, 0.3) is 10.8 Å². The van der Waals surface area contributed by atoms with Gasteiger partial charge in [-0.25, -0.2) is 9.97 Å². The molecule has 7 nitrogen and oxygen atoms in total. The van der Waals surface area contributed by atoms with E-state index in [2.05, 4.69) is 20.3 Å². The molecule has 0 bridgehead atoms. The number of thiazole rings is 1. The van der Waals surface area contributed by atoms with Gasteiger partial charge in [0.15, 0.2) is 0 Å². The maximum absolute atomic E-state index is 12.2. The standard InChI is InChI=1S/C19H19ClN4O3S/c1-10(2)18(26)21-8-11-4-5-13(20)12(6-11)17-23-14(7-16(25)24-17)15-9-22-19(27-3)28-15/h4-7,9-10H,8H2,1-3H3,(H,21,26)(H,23,24,25). The van der Waals surface area contributed by atoms with Gasteiger partial charge in [0, 0.05) is 24.1 Å². The molecule has 28 heavy (non-hydrogen) atoms. The number of halogens is 1. The van der Waals surface area contributed by atoms with Crippen molar-refractivity contribution in [1.82, 2.24) is 20.3 Å². The normalized spacial score (nSPS) is 10.9. The van der Waals surface area contributed by atoms with Crippen molar-refractivity contribution in [1.29, 1.82) is 0 Å². The molecule has 0 atom stereocenters. The lowest BCUT2D eigenvalue weighted by Crippen LogP contribution is -2.27. The molecule has 1 amide bonds. The molecule has 2 aromatic heterocycles. The fourth-order valence-corrected chi connectivity index (χ4v) is 3.34. The van der Waals surface area contributed by atoms with E-state index in [1.54, 1.807) is 18.3 Å². The number of hydrogen-bond donors (Lipinski definition) is 2. The smallest absolute Gasteiger partial charge is 0.273 e. The number of nitrogens with zero attached hydrogens (tertiary/aromatic N) is 2. The first-order valence-corrected chi connectivity index (χ1v) is 9.75. The Balaban J connectivity index is 1.95. The van der Waals surface area contributed by atoms with Crippen LogP contribution in [0.3, 0.4) is 0 Å². The molecule has 3 rings (SSSR count). The van der Waals surface area contributed by atoms with Crippen LogP contribution in [0.25, 0.3) is 22.0 Å². The van der Waals surface area contributed by atoms with Crippen LogP contribution in [0, 0.1) is 5.92 Å². The number of nitrogens with one attached hydrogen (secondary N) is 2. The molecule has 0 aliphatic carbocycles. The highest BCUT2D eigenvalue weighted by atomic mass is 35.5. The van der Waals surface area contributed by atoms with Gasteiger partial charge >= 0.3 is 0 Å². The molecule has 0 saturated heterocycles. The number of carbonyl (C=O) groups excluding carboxylic acids is 1. The molecule has 3 aromatic rings. The summed E-state index contributed by atoms with van der Waals surface area (Å²) in [7, 11) is 1.53. The lowest BCUT2D eigenvalue weighted by molar-refractivity contribution is -0.124. The topological polar surface area (TPSA) is 97.0 Å². The fourth-order valence-electron chi connectivity index (χ4n) is 2.44. The van der Waals surface area contributed by atoms with E-state index in [0.717, 1.165) is 5.56 Å². The molecule has 0 radical (unpaired) electrons. The monoisotopic (exact) mass is 418 g/mol. The number of hydrogen-bond acceptors (Lipinski definition) is 6. The van der Waals surface area contributed by atoms with Gasteiger partial charge in [-0.3, -0.25) is 9.59 Å². The number of benzene rings is 1. The van der Waals surface area contributed by atoms with Crippen LogP contribution in [0.15, 0.2) is 35.3 Å². The number of rotatable bonds is 6. The van der Waals surface area contributed by atoms with E-state index >= 15 is 0 Å². The zero-order chi connectivity index (χ0) is 20.3. The third-order valence-corrected chi connectivity index (χ3v) is 5.24. The van der Waals surface area contributed by atoms with Crippen LogP contribution in [0.5, 0.6) is 5.19 Å². The Morgan fingerprint density at radius 3 is 2.82 bits per heavy atom. The van der Waals surface area contributed by atoms with Gasteiger partial charge in [0.1, 0.15) is 5.82 Å². The molecule has 0 spiro atoms. The lowest BCUT2D eigenvalue weighted by atomic mass is 10.1. The summed E-state index contributed by atoms with van der Waals surface area (Å²) >= 11 is 7.63. The van der Waals surface area contributed by atoms with Crippen molar-refractivity contribution in [2.45, 2.75) is 20.4 Å². The van der Waals surface area contributed by atoms with Crippen LogP contribution in [-0.4, -0.2) is 28.0 Å². The summed E-state index contributed by atoms with van der Waals surface area (Å²) in [6.07, 6.45) is 1.61. The Bertz CT molecular complexity index is 1060. The summed E-state index contributed by atoms with van der Waals surface area (Å²) in [5, 5.41) is 3.79. The third-order valence-electron chi connectivity index (χ3n) is 3.93. The minimum atomic E-state index is -0.304. The van der Waals surface area contributed by atoms with E-state index < -0.39 is 0 Å². The van der Waals surface area contributed by atoms with Gasteiger partial charge in [-0.2, -0.15) is 0 Å². The number of H-pyrrole nitrogens is 1. The number of aromatic nitrogens is 3. The number of ether oxygens (including phenoxy) is 1. The van der Waals surface area contributed by atoms with Gasteiger partial charge in [0.2, 0.25) is 5.91 Å². The van der Waals surface area contributed by atoms with Gasteiger partial charge in [-0.15, -0.1) is 0 Å². The molecule has 0 unspecified atom stereocenters. The van der Waals surface area contributed by atoms with E-state index in [1.807, 2.05) is 19.9 Å². The molecule has 2 heterocycles. The molecular weight excluding hydrogens is 400 g/mol. The van der Waals surface area contributed by atoms with Gasteiger partial charge in [-0.1, -0.05) is 42.9 Å².